The van der Waals surface area contributed by atoms with E-state index in [4.69, 9.17) is 0 Å². The van der Waals surface area contributed by atoms with Crippen molar-refractivity contribution >= 4 is 6.08 Å². The number of aryl methyl sites for hydroxylation is 1. The number of fused-ring (bicyclic) bond motifs is 3. The topological polar surface area (TPSA) is 0 Å². The zero-order valence-corrected chi connectivity index (χ0v) is 9.40. The van der Waals surface area contributed by atoms with Crippen molar-refractivity contribution in [2.24, 2.45) is 0 Å². The predicted octanol–water partition coefficient (Wildman–Crippen LogP) is 4.07. The van der Waals surface area contributed by atoms with Gasteiger partial charge in [-0.05, 0) is 54.0 Å². The number of hydrogen-bond acceptors (Lipinski definition) is 0. The molecule has 0 nitrogen and oxygen atoms in total. The van der Waals surface area contributed by atoms with Gasteiger partial charge >= 0.3 is 6.18 Å². The zero-order valence-electron chi connectivity index (χ0n) is 9.40. The summed E-state index contributed by atoms with van der Waals surface area (Å²) >= 11 is 0. The summed E-state index contributed by atoms with van der Waals surface area (Å²) in [6.07, 6.45) is 1.42. The Kier molecular flexibility index (Phi) is 2.32. The van der Waals surface area contributed by atoms with Gasteiger partial charge < -0.3 is 0 Å². The first-order chi connectivity index (χ1) is 8.05. The summed E-state index contributed by atoms with van der Waals surface area (Å²) in [7, 11) is 0. The number of alkyl halides is 3. The molecule has 3 heteroatoms. The Morgan fingerprint density at radius 3 is 2.47 bits per heavy atom. The smallest absolute Gasteiger partial charge is 0.166 e. The van der Waals surface area contributed by atoms with Crippen LogP contribution in [0.1, 0.15) is 35.1 Å². The van der Waals surface area contributed by atoms with E-state index in [-0.39, 0.29) is 6.42 Å². The molecule has 0 spiro atoms. The molecule has 0 bridgehead atoms. The van der Waals surface area contributed by atoms with E-state index >= 15 is 0 Å². The molecule has 0 amide bonds. The van der Waals surface area contributed by atoms with Crippen LogP contribution in [0.4, 0.5) is 13.2 Å². The summed E-state index contributed by atoms with van der Waals surface area (Å²) in [5.74, 6) is 0. The summed E-state index contributed by atoms with van der Waals surface area (Å²) in [5.41, 5.74) is 3.75. The lowest BCUT2D eigenvalue weighted by Gasteiger charge is -2.19. The van der Waals surface area contributed by atoms with E-state index in [0.717, 1.165) is 36.8 Å². The standard InChI is InChI=1S/C14H13F3/c15-14(16,17)11-7-10-6-5-9-3-1-2-4-12(9)13(10)8-11/h5-7H,1-4,8H2. The van der Waals surface area contributed by atoms with Gasteiger partial charge in [0.1, 0.15) is 0 Å². The Hall–Kier alpha value is -1.25. The molecule has 1 aromatic carbocycles. The highest BCUT2D eigenvalue weighted by Crippen LogP contribution is 2.39. The second-order valence-corrected chi connectivity index (χ2v) is 4.82. The number of allylic oxidation sites excluding steroid dienone is 1. The number of halogens is 3. The monoisotopic (exact) mass is 238 g/mol. The highest BCUT2D eigenvalue weighted by atomic mass is 19.4. The lowest BCUT2D eigenvalue weighted by atomic mass is 9.86. The first kappa shape index (κ1) is 10.9. The van der Waals surface area contributed by atoms with Crippen LogP contribution in [-0.2, 0) is 19.3 Å². The third kappa shape index (κ3) is 1.78. The second kappa shape index (κ2) is 3.62. The van der Waals surface area contributed by atoms with E-state index < -0.39 is 11.7 Å². The third-order valence-electron chi connectivity index (χ3n) is 3.75. The van der Waals surface area contributed by atoms with Crippen LogP contribution in [0.2, 0.25) is 0 Å². The molecule has 3 rings (SSSR count). The lowest BCUT2D eigenvalue weighted by Crippen LogP contribution is -2.12. The Balaban J connectivity index is 2.03. The summed E-state index contributed by atoms with van der Waals surface area (Å²) in [6, 6.07) is 3.85. The van der Waals surface area contributed by atoms with Crippen molar-refractivity contribution < 1.29 is 13.2 Å². The van der Waals surface area contributed by atoms with Gasteiger partial charge in [0.15, 0.2) is 0 Å². The van der Waals surface area contributed by atoms with Gasteiger partial charge in [-0.15, -0.1) is 0 Å². The summed E-state index contributed by atoms with van der Waals surface area (Å²) in [4.78, 5) is 0. The average Bonchev–Trinajstić information content (AvgIpc) is 2.72. The van der Waals surface area contributed by atoms with E-state index in [9.17, 15) is 13.2 Å². The minimum atomic E-state index is -4.18. The fourth-order valence-electron chi connectivity index (χ4n) is 2.88. The van der Waals surface area contributed by atoms with Gasteiger partial charge in [-0.2, -0.15) is 13.2 Å². The minimum absolute atomic E-state index is 0.0714. The van der Waals surface area contributed by atoms with Gasteiger partial charge in [0.05, 0.1) is 0 Å². The first-order valence-corrected chi connectivity index (χ1v) is 5.97. The molecule has 2 aliphatic carbocycles. The largest absolute Gasteiger partial charge is 0.413 e. The highest BCUT2D eigenvalue weighted by Gasteiger charge is 2.37. The third-order valence-corrected chi connectivity index (χ3v) is 3.75. The molecule has 90 valence electrons. The van der Waals surface area contributed by atoms with Gasteiger partial charge in [0.2, 0.25) is 0 Å². The molecule has 17 heavy (non-hydrogen) atoms. The molecular formula is C14H13F3. The van der Waals surface area contributed by atoms with Gasteiger partial charge in [-0.1, -0.05) is 12.1 Å². The molecule has 0 N–H and O–H groups in total. The molecule has 0 aromatic heterocycles. The number of rotatable bonds is 0. The van der Waals surface area contributed by atoms with Crippen LogP contribution in [0, 0.1) is 0 Å². The van der Waals surface area contributed by atoms with Gasteiger partial charge in [0.25, 0.3) is 0 Å². The minimum Gasteiger partial charge on any atom is -0.166 e. The first-order valence-electron chi connectivity index (χ1n) is 5.97. The molecule has 0 saturated carbocycles. The highest BCUT2D eigenvalue weighted by molar-refractivity contribution is 5.67. The Morgan fingerprint density at radius 2 is 1.71 bits per heavy atom. The Labute approximate surface area is 98.1 Å². The van der Waals surface area contributed by atoms with Crippen molar-refractivity contribution in [1.29, 1.82) is 0 Å². The van der Waals surface area contributed by atoms with Crippen LogP contribution in [0.15, 0.2) is 17.7 Å². The number of hydrogen-bond donors (Lipinski definition) is 0. The van der Waals surface area contributed by atoms with Crippen LogP contribution >= 0.6 is 0 Å². The van der Waals surface area contributed by atoms with E-state index in [1.54, 1.807) is 0 Å². The van der Waals surface area contributed by atoms with E-state index in [1.807, 2.05) is 12.1 Å². The average molecular weight is 238 g/mol. The molecule has 2 aliphatic rings. The molecule has 1 aromatic rings. The van der Waals surface area contributed by atoms with Crippen LogP contribution < -0.4 is 0 Å². The second-order valence-electron chi connectivity index (χ2n) is 4.82. The van der Waals surface area contributed by atoms with Crippen molar-refractivity contribution in [1.82, 2.24) is 0 Å². The van der Waals surface area contributed by atoms with Crippen LogP contribution in [-0.4, -0.2) is 6.18 Å². The van der Waals surface area contributed by atoms with E-state index in [0.29, 0.717) is 0 Å². The van der Waals surface area contributed by atoms with Crippen molar-refractivity contribution in [2.45, 2.75) is 38.3 Å². The molecule has 0 atom stereocenters. The molecule has 0 radical (unpaired) electrons. The molecular weight excluding hydrogens is 225 g/mol. The van der Waals surface area contributed by atoms with Crippen LogP contribution in [0.5, 0.6) is 0 Å². The zero-order chi connectivity index (χ0) is 12.0. The predicted molar refractivity (Wildman–Crippen MR) is 60.8 cm³/mol. The maximum absolute atomic E-state index is 12.7. The molecule has 0 heterocycles. The normalized spacial score (nSPS) is 18.6. The van der Waals surface area contributed by atoms with Crippen LogP contribution in [0.3, 0.4) is 0 Å². The maximum atomic E-state index is 12.7. The van der Waals surface area contributed by atoms with E-state index in [2.05, 4.69) is 0 Å². The SMILES string of the molecule is FC(F)(F)C1=Cc2ccc3c(c2C1)CCCC3. The maximum Gasteiger partial charge on any atom is 0.413 e. The summed E-state index contributed by atoms with van der Waals surface area (Å²) in [6.45, 7) is 0. The summed E-state index contributed by atoms with van der Waals surface area (Å²) in [5, 5.41) is 0. The lowest BCUT2D eigenvalue weighted by molar-refractivity contribution is -0.0918. The number of benzene rings is 1. The van der Waals surface area contributed by atoms with Gasteiger partial charge in [0, 0.05) is 12.0 Å². The molecule has 0 unspecified atom stereocenters. The Morgan fingerprint density at radius 1 is 0.941 bits per heavy atom. The fourth-order valence-corrected chi connectivity index (χ4v) is 2.88. The molecule has 0 aliphatic heterocycles. The fraction of sp³-hybridized carbons (Fsp3) is 0.429. The van der Waals surface area contributed by atoms with Gasteiger partial charge in [-0.3, -0.25) is 0 Å². The molecule has 0 fully saturated rings. The van der Waals surface area contributed by atoms with Gasteiger partial charge in [-0.25, -0.2) is 0 Å². The van der Waals surface area contributed by atoms with Crippen LogP contribution in [0.25, 0.3) is 6.08 Å². The van der Waals surface area contributed by atoms with Crippen molar-refractivity contribution in [3.05, 3.63) is 40.0 Å². The Bertz CT molecular complexity index is 495. The quantitative estimate of drug-likeness (QED) is 0.639. The summed E-state index contributed by atoms with van der Waals surface area (Å²) < 4.78 is 38.1. The van der Waals surface area contributed by atoms with Crippen molar-refractivity contribution in [3.63, 3.8) is 0 Å². The van der Waals surface area contributed by atoms with Crippen molar-refractivity contribution in [2.75, 3.05) is 0 Å². The molecule has 0 saturated heterocycles. The van der Waals surface area contributed by atoms with Crippen molar-refractivity contribution in [3.8, 4) is 0 Å². The van der Waals surface area contributed by atoms with E-state index in [1.165, 1.54) is 17.2 Å².